The Balaban J connectivity index is 2.05. The lowest BCUT2D eigenvalue weighted by Gasteiger charge is -2.00. The Kier molecular flexibility index (Phi) is 7.54. The first kappa shape index (κ1) is 14.7. The van der Waals surface area contributed by atoms with Gasteiger partial charge in [-0.15, -0.1) is 11.3 Å². The number of halogens is 1. The summed E-state index contributed by atoms with van der Waals surface area (Å²) >= 11 is 7.34. The van der Waals surface area contributed by atoms with Gasteiger partial charge in [-0.1, -0.05) is 50.6 Å². The molecule has 0 N–H and O–H groups in total. The van der Waals surface area contributed by atoms with Crippen molar-refractivity contribution < 1.29 is 4.79 Å². The Morgan fingerprint density at radius 2 is 1.88 bits per heavy atom. The van der Waals surface area contributed by atoms with Crippen LogP contribution < -0.4 is 0 Å². The summed E-state index contributed by atoms with van der Waals surface area (Å²) in [6.45, 7) is 2.22. The van der Waals surface area contributed by atoms with E-state index in [1.54, 1.807) is 0 Å². The molecule has 17 heavy (non-hydrogen) atoms. The van der Waals surface area contributed by atoms with Gasteiger partial charge in [0.15, 0.2) is 0 Å². The molecule has 0 aliphatic carbocycles. The topological polar surface area (TPSA) is 17.1 Å². The number of hydrogen-bond donors (Lipinski definition) is 0. The molecule has 0 amide bonds. The Morgan fingerprint density at radius 3 is 2.53 bits per heavy atom. The van der Waals surface area contributed by atoms with Crippen molar-refractivity contribution in [2.24, 2.45) is 0 Å². The highest BCUT2D eigenvalue weighted by molar-refractivity contribution is 7.16. The summed E-state index contributed by atoms with van der Waals surface area (Å²) in [6.07, 6.45) is 8.70. The summed E-state index contributed by atoms with van der Waals surface area (Å²) in [4.78, 5) is 12.8. The Bertz CT molecular complexity index is 333. The van der Waals surface area contributed by atoms with E-state index in [1.807, 2.05) is 12.1 Å². The lowest BCUT2D eigenvalue weighted by Crippen LogP contribution is -2.00. The van der Waals surface area contributed by atoms with Crippen molar-refractivity contribution in [2.75, 3.05) is 0 Å². The highest BCUT2D eigenvalue weighted by Gasteiger charge is 2.05. The SMILES string of the molecule is CCCCCCCCC(=O)Cc1ccc(Cl)s1. The second kappa shape index (κ2) is 8.71. The van der Waals surface area contributed by atoms with E-state index in [0.717, 1.165) is 22.1 Å². The number of unbranched alkanes of at least 4 members (excludes halogenated alkanes) is 5. The molecule has 0 aliphatic rings. The van der Waals surface area contributed by atoms with E-state index in [-0.39, 0.29) is 0 Å². The molecule has 1 nitrogen and oxygen atoms in total. The van der Waals surface area contributed by atoms with Gasteiger partial charge >= 0.3 is 0 Å². The van der Waals surface area contributed by atoms with Crippen LogP contribution in [0.4, 0.5) is 0 Å². The first-order valence-corrected chi connectivity index (χ1v) is 7.67. The molecule has 1 aromatic heterocycles. The van der Waals surface area contributed by atoms with Crippen LogP contribution in [0.15, 0.2) is 12.1 Å². The van der Waals surface area contributed by atoms with Gasteiger partial charge in [-0.3, -0.25) is 4.79 Å². The summed E-state index contributed by atoms with van der Waals surface area (Å²) in [5.74, 6) is 0.346. The fraction of sp³-hybridized carbons (Fsp3) is 0.643. The third-order valence-corrected chi connectivity index (χ3v) is 4.04. The molecule has 1 rings (SSSR count). The van der Waals surface area contributed by atoms with Gasteiger partial charge < -0.3 is 0 Å². The summed E-state index contributed by atoms with van der Waals surface area (Å²) in [7, 11) is 0. The minimum Gasteiger partial charge on any atom is -0.299 e. The molecular weight excluding hydrogens is 252 g/mol. The van der Waals surface area contributed by atoms with E-state index in [4.69, 9.17) is 11.6 Å². The van der Waals surface area contributed by atoms with Gasteiger partial charge in [0, 0.05) is 17.7 Å². The zero-order valence-corrected chi connectivity index (χ0v) is 12.1. The average Bonchev–Trinajstić information content (AvgIpc) is 2.69. The number of carbonyl (C=O) groups excluding carboxylic acids is 1. The van der Waals surface area contributed by atoms with Crippen LogP contribution in [0, 0.1) is 0 Å². The van der Waals surface area contributed by atoms with Crippen molar-refractivity contribution in [1.29, 1.82) is 0 Å². The first-order chi connectivity index (χ1) is 8.22. The molecule has 3 heteroatoms. The van der Waals surface area contributed by atoms with Crippen LogP contribution in [-0.4, -0.2) is 5.78 Å². The fourth-order valence-electron chi connectivity index (χ4n) is 1.83. The van der Waals surface area contributed by atoms with E-state index >= 15 is 0 Å². The van der Waals surface area contributed by atoms with Gasteiger partial charge in [-0.25, -0.2) is 0 Å². The maximum absolute atomic E-state index is 11.7. The normalized spacial score (nSPS) is 10.7. The quantitative estimate of drug-likeness (QED) is 0.560. The number of thiophene rings is 1. The van der Waals surface area contributed by atoms with E-state index < -0.39 is 0 Å². The third-order valence-electron chi connectivity index (χ3n) is 2.81. The monoisotopic (exact) mass is 272 g/mol. The first-order valence-electron chi connectivity index (χ1n) is 6.48. The molecule has 0 unspecified atom stereocenters. The van der Waals surface area contributed by atoms with Crippen LogP contribution in [0.1, 0.15) is 56.7 Å². The predicted molar refractivity (Wildman–Crippen MR) is 76.0 cm³/mol. The van der Waals surface area contributed by atoms with Crippen molar-refractivity contribution in [1.82, 2.24) is 0 Å². The van der Waals surface area contributed by atoms with E-state index in [9.17, 15) is 4.79 Å². The maximum Gasteiger partial charge on any atom is 0.138 e. The van der Waals surface area contributed by atoms with Gasteiger partial charge in [0.25, 0.3) is 0 Å². The molecular formula is C14H21ClOS. The van der Waals surface area contributed by atoms with Crippen molar-refractivity contribution >= 4 is 28.7 Å². The summed E-state index contributed by atoms with van der Waals surface area (Å²) in [6, 6.07) is 3.81. The van der Waals surface area contributed by atoms with Gasteiger partial charge in [0.05, 0.1) is 4.34 Å². The Morgan fingerprint density at radius 1 is 1.18 bits per heavy atom. The minimum atomic E-state index is 0.346. The molecule has 1 aromatic rings. The number of carbonyl (C=O) groups is 1. The second-order valence-corrected chi connectivity index (χ2v) is 6.24. The predicted octanol–water partition coefficient (Wildman–Crippen LogP) is 5.26. The fourth-order valence-corrected chi connectivity index (χ4v) is 2.95. The van der Waals surface area contributed by atoms with Crippen molar-refractivity contribution in [3.05, 3.63) is 21.3 Å². The zero-order chi connectivity index (χ0) is 12.5. The van der Waals surface area contributed by atoms with Crippen LogP contribution in [-0.2, 0) is 11.2 Å². The number of hydrogen-bond acceptors (Lipinski definition) is 2. The van der Waals surface area contributed by atoms with Crippen LogP contribution >= 0.6 is 22.9 Å². The van der Waals surface area contributed by atoms with E-state index in [2.05, 4.69) is 6.92 Å². The highest BCUT2D eigenvalue weighted by Crippen LogP contribution is 2.22. The summed E-state index contributed by atoms with van der Waals surface area (Å²) < 4.78 is 0.771. The lowest BCUT2D eigenvalue weighted by molar-refractivity contribution is -0.118. The standard InChI is InChI=1S/C14H21ClOS/c1-2-3-4-5-6-7-8-12(16)11-13-9-10-14(15)17-13/h9-10H,2-8,11H2,1H3. The molecule has 1 heterocycles. The molecule has 0 saturated carbocycles. The molecule has 0 radical (unpaired) electrons. The van der Waals surface area contributed by atoms with Crippen LogP contribution in [0.2, 0.25) is 4.34 Å². The van der Waals surface area contributed by atoms with Crippen LogP contribution in [0.3, 0.4) is 0 Å². The van der Waals surface area contributed by atoms with E-state index in [0.29, 0.717) is 12.2 Å². The number of Topliss-reactive ketones (excluding diaryl/α,β-unsaturated/α-hetero) is 1. The van der Waals surface area contributed by atoms with Gasteiger partial charge in [-0.2, -0.15) is 0 Å². The van der Waals surface area contributed by atoms with Crippen LogP contribution in [0.25, 0.3) is 0 Å². The van der Waals surface area contributed by atoms with Crippen molar-refractivity contribution in [3.63, 3.8) is 0 Å². The van der Waals surface area contributed by atoms with Gasteiger partial charge in [-0.05, 0) is 18.6 Å². The number of rotatable bonds is 9. The van der Waals surface area contributed by atoms with Crippen LogP contribution in [0.5, 0.6) is 0 Å². The molecule has 0 saturated heterocycles. The minimum absolute atomic E-state index is 0.346. The lowest BCUT2D eigenvalue weighted by atomic mass is 10.1. The Labute approximate surface area is 113 Å². The molecule has 0 aromatic carbocycles. The second-order valence-electron chi connectivity index (χ2n) is 4.44. The third kappa shape index (κ3) is 6.85. The molecule has 0 atom stereocenters. The van der Waals surface area contributed by atoms with E-state index in [1.165, 1.54) is 43.4 Å². The van der Waals surface area contributed by atoms with Gasteiger partial charge in [0.1, 0.15) is 5.78 Å². The molecule has 0 fully saturated rings. The van der Waals surface area contributed by atoms with Gasteiger partial charge in [0.2, 0.25) is 0 Å². The molecule has 0 aliphatic heterocycles. The maximum atomic E-state index is 11.7. The molecule has 96 valence electrons. The summed E-state index contributed by atoms with van der Waals surface area (Å²) in [5.41, 5.74) is 0. The smallest absolute Gasteiger partial charge is 0.138 e. The molecule has 0 spiro atoms. The largest absolute Gasteiger partial charge is 0.299 e. The molecule has 0 bridgehead atoms. The highest BCUT2D eigenvalue weighted by atomic mass is 35.5. The summed E-state index contributed by atoms with van der Waals surface area (Å²) in [5, 5.41) is 0. The zero-order valence-electron chi connectivity index (χ0n) is 10.5. The number of ketones is 1. The van der Waals surface area contributed by atoms with Crippen molar-refractivity contribution in [3.8, 4) is 0 Å². The van der Waals surface area contributed by atoms with Crippen molar-refractivity contribution in [2.45, 2.75) is 58.3 Å². The Hall–Kier alpha value is -0.340. The average molecular weight is 273 g/mol.